The molecule has 24 heavy (non-hydrogen) atoms. The highest BCUT2D eigenvalue weighted by molar-refractivity contribution is 5.88. The Balaban J connectivity index is 1.48. The zero-order valence-electron chi connectivity index (χ0n) is 14.0. The number of nitrogens with one attached hydrogen (secondary N) is 1. The van der Waals surface area contributed by atoms with Crippen molar-refractivity contribution in [1.82, 2.24) is 14.7 Å². The fraction of sp³-hybridized carbons (Fsp3) is 0.444. The number of hydrogen-bond donors (Lipinski definition) is 1. The predicted molar refractivity (Wildman–Crippen MR) is 92.9 cm³/mol. The lowest BCUT2D eigenvalue weighted by Gasteiger charge is -2.16. The van der Waals surface area contributed by atoms with Crippen LogP contribution in [0.4, 0.5) is 10.6 Å². The lowest BCUT2D eigenvalue weighted by molar-refractivity contribution is 0.183. The van der Waals surface area contributed by atoms with Crippen LogP contribution in [-0.4, -0.2) is 47.5 Å². The maximum absolute atomic E-state index is 12.4. The summed E-state index contributed by atoms with van der Waals surface area (Å²) in [6, 6.07) is 12.2. The first-order valence-corrected chi connectivity index (χ1v) is 8.37. The number of likely N-dealkylation sites (tertiary alicyclic amines) is 1. The Morgan fingerprint density at radius 1 is 1.33 bits per heavy atom. The molecule has 2 amide bonds. The van der Waals surface area contributed by atoms with Crippen molar-refractivity contribution in [3.05, 3.63) is 48.2 Å². The zero-order chi connectivity index (χ0) is 16.8. The molecule has 1 aliphatic heterocycles. The van der Waals surface area contributed by atoms with Crippen LogP contribution >= 0.6 is 0 Å². The number of aromatic nitrogens is 2. The van der Waals surface area contributed by atoms with Crippen LogP contribution in [0.1, 0.15) is 12.0 Å². The van der Waals surface area contributed by atoms with E-state index in [1.165, 1.54) is 5.56 Å². The molecule has 1 saturated heterocycles. The van der Waals surface area contributed by atoms with Crippen molar-refractivity contribution in [2.45, 2.75) is 19.4 Å². The Morgan fingerprint density at radius 2 is 2.17 bits per heavy atom. The van der Waals surface area contributed by atoms with Gasteiger partial charge in [-0.15, -0.1) is 0 Å². The summed E-state index contributed by atoms with van der Waals surface area (Å²) >= 11 is 0. The molecule has 0 unspecified atom stereocenters. The summed E-state index contributed by atoms with van der Waals surface area (Å²) in [4.78, 5) is 14.3. The molecule has 2 aromatic rings. The second-order valence-corrected chi connectivity index (χ2v) is 6.18. The first-order valence-electron chi connectivity index (χ1n) is 8.37. The highest BCUT2D eigenvalue weighted by Crippen LogP contribution is 2.21. The molecular weight excluding hydrogens is 304 g/mol. The molecular formula is C18H24N4O2. The van der Waals surface area contributed by atoms with Gasteiger partial charge < -0.3 is 9.64 Å². The van der Waals surface area contributed by atoms with Crippen molar-refractivity contribution < 1.29 is 9.53 Å². The molecule has 1 fully saturated rings. The van der Waals surface area contributed by atoms with Gasteiger partial charge in [-0.1, -0.05) is 30.3 Å². The van der Waals surface area contributed by atoms with Gasteiger partial charge in [0.2, 0.25) is 0 Å². The van der Waals surface area contributed by atoms with Crippen LogP contribution in [0.15, 0.2) is 42.6 Å². The molecule has 3 rings (SSSR count). The maximum Gasteiger partial charge on any atom is 0.323 e. The van der Waals surface area contributed by atoms with E-state index < -0.39 is 0 Å². The van der Waals surface area contributed by atoms with Crippen LogP contribution in [-0.2, 0) is 17.7 Å². The van der Waals surface area contributed by atoms with E-state index in [1.807, 2.05) is 23.2 Å². The topological polar surface area (TPSA) is 59.4 Å². The van der Waals surface area contributed by atoms with E-state index in [9.17, 15) is 4.79 Å². The zero-order valence-corrected chi connectivity index (χ0v) is 14.0. The van der Waals surface area contributed by atoms with Gasteiger partial charge in [0.1, 0.15) is 0 Å². The summed E-state index contributed by atoms with van der Waals surface area (Å²) in [6.45, 7) is 2.87. The van der Waals surface area contributed by atoms with E-state index in [0.29, 0.717) is 24.9 Å². The van der Waals surface area contributed by atoms with E-state index in [4.69, 9.17) is 4.74 Å². The van der Waals surface area contributed by atoms with Gasteiger partial charge >= 0.3 is 6.03 Å². The van der Waals surface area contributed by atoms with E-state index in [1.54, 1.807) is 11.8 Å². The smallest absolute Gasteiger partial charge is 0.323 e. The fourth-order valence-electron chi connectivity index (χ4n) is 3.06. The van der Waals surface area contributed by atoms with Gasteiger partial charge in [-0.2, -0.15) is 5.10 Å². The molecule has 6 nitrogen and oxygen atoms in total. The molecule has 0 radical (unpaired) electrons. The molecule has 0 bridgehead atoms. The molecule has 1 aromatic carbocycles. The van der Waals surface area contributed by atoms with Crippen LogP contribution in [0.2, 0.25) is 0 Å². The summed E-state index contributed by atoms with van der Waals surface area (Å²) in [7, 11) is 1.66. The van der Waals surface area contributed by atoms with E-state index in [2.05, 4.69) is 34.7 Å². The lowest BCUT2D eigenvalue weighted by atomic mass is 9.99. The molecule has 6 heteroatoms. The average molecular weight is 328 g/mol. The summed E-state index contributed by atoms with van der Waals surface area (Å²) in [6.07, 6.45) is 3.91. The molecule has 1 aliphatic rings. The predicted octanol–water partition coefficient (Wildman–Crippen LogP) is 2.63. The quantitative estimate of drug-likeness (QED) is 0.887. The summed E-state index contributed by atoms with van der Waals surface area (Å²) < 4.78 is 6.79. The van der Waals surface area contributed by atoms with Crippen molar-refractivity contribution >= 4 is 11.8 Å². The Kier molecular flexibility index (Phi) is 5.48. The van der Waals surface area contributed by atoms with Gasteiger partial charge in [-0.05, 0) is 24.3 Å². The number of ether oxygens (including phenoxy) is 1. The monoisotopic (exact) mass is 328 g/mol. The Morgan fingerprint density at radius 3 is 2.96 bits per heavy atom. The molecule has 0 saturated carbocycles. The maximum atomic E-state index is 12.4. The molecule has 2 heterocycles. The second kappa shape index (κ2) is 7.97. The highest BCUT2D eigenvalue weighted by atomic mass is 16.5. The average Bonchev–Trinajstić information content (AvgIpc) is 3.23. The minimum atomic E-state index is -0.0671. The number of methoxy groups -OCH3 is 1. The van der Waals surface area contributed by atoms with Crippen LogP contribution in [0.5, 0.6) is 0 Å². The van der Waals surface area contributed by atoms with Gasteiger partial charge in [-0.25, -0.2) is 4.79 Å². The number of nitrogens with zero attached hydrogens (tertiary/aromatic N) is 3. The van der Waals surface area contributed by atoms with Crippen molar-refractivity contribution in [3.8, 4) is 0 Å². The van der Waals surface area contributed by atoms with Crippen LogP contribution in [0.3, 0.4) is 0 Å². The van der Waals surface area contributed by atoms with Gasteiger partial charge in [-0.3, -0.25) is 10.00 Å². The highest BCUT2D eigenvalue weighted by Gasteiger charge is 2.26. The number of hydrogen-bond acceptors (Lipinski definition) is 3. The minimum Gasteiger partial charge on any atom is -0.383 e. The van der Waals surface area contributed by atoms with Gasteiger partial charge in [0.15, 0.2) is 5.82 Å². The Hall–Kier alpha value is -2.34. The number of urea groups is 1. The van der Waals surface area contributed by atoms with Gasteiger partial charge in [0.05, 0.1) is 13.2 Å². The third kappa shape index (κ3) is 4.35. The Bertz CT molecular complexity index is 656. The van der Waals surface area contributed by atoms with E-state index >= 15 is 0 Å². The number of anilines is 1. The second-order valence-electron chi connectivity index (χ2n) is 6.18. The molecule has 1 aromatic heterocycles. The SMILES string of the molecule is COCCn1ccc(NC(=O)N2CC[C@@H](Cc3ccccc3)C2)n1. The number of benzene rings is 1. The molecule has 128 valence electrons. The standard InChI is InChI=1S/C18H24N4O2/c1-24-12-11-22-10-8-17(20-22)19-18(23)21-9-7-16(14-21)13-15-5-3-2-4-6-15/h2-6,8,10,16H,7,9,11-14H2,1H3,(H,19,20,23)/t16-/m0/s1. The van der Waals surface area contributed by atoms with Gasteiger partial charge in [0.25, 0.3) is 0 Å². The fourth-order valence-corrected chi connectivity index (χ4v) is 3.06. The number of rotatable bonds is 6. The lowest BCUT2D eigenvalue weighted by Crippen LogP contribution is -2.33. The first-order chi connectivity index (χ1) is 11.7. The summed E-state index contributed by atoms with van der Waals surface area (Å²) in [5, 5.41) is 7.20. The largest absolute Gasteiger partial charge is 0.383 e. The van der Waals surface area contributed by atoms with Crippen LogP contribution in [0.25, 0.3) is 0 Å². The van der Waals surface area contributed by atoms with E-state index in [0.717, 1.165) is 25.9 Å². The summed E-state index contributed by atoms with van der Waals surface area (Å²) in [5.74, 6) is 1.11. The number of amides is 2. The van der Waals surface area contributed by atoms with Crippen LogP contribution < -0.4 is 5.32 Å². The van der Waals surface area contributed by atoms with Crippen LogP contribution in [0, 0.1) is 5.92 Å². The van der Waals surface area contributed by atoms with Crippen molar-refractivity contribution in [2.24, 2.45) is 5.92 Å². The summed E-state index contributed by atoms with van der Waals surface area (Å²) in [5.41, 5.74) is 1.33. The number of carbonyl (C=O) groups is 1. The van der Waals surface area contributed by atoms with Crippen molar-refractivity contribution in [1.29, 1.82) is 0 Å². The first kappa shape index (κ1) is 16.5. The van der Waals surface area contributed by atoms with E-state index in [-0.39, 0.29) is 6.03 Å². The molecule has 1 N–H and O–H groups in total. The van der Waals surface area contributed by atoms with Crippen molar-refractivity contribution in [2.75, 3.05) is 32.1 Å². The van der Waals surface area contributed by atoms with Gasteiger partial charge in [0, 0.05) is 32.5 Å². The molecule has 1 atom stereocenters. The van der Waals surface area contributed by atoms with Crippen molar-refractivity contribution in [3.63, 3.8) is 0 Å². The normalized spacial score (nSPS) is 17.2. The third-order valence-electron chi connectivity index (χ3n) is 4.34. The molecule has 0 spiro atoms. The minimum absolute atomic E-state index is 0.0671. The Labute approximate surface area is 142 Å². The third-order valence-corrected chi connectivity index (χ3v) is 4.34. The molecule has 0 aliphatic carbocycles. The number of carbonyl (C=O) groups excluding carboxylic acids is 1.